The predicted octanol–water partition coefficient (Wildman–Crippen LogP) is 3.18. The topological polar surface area (TPSA) is 46.3 Å². The highest BCUT2D eigenvalue weighted by molar-refractivity contribution is 5.83. The zero-order chi connectivity index (χ0) is 14.3. The molecule has 0 aromatic heterocycles. The molecule has 0 heterocycles. The van der Waals surface area contributed by atoms with Gasteiger partial charge in [0.15, 0.2) is 0 Å². The lowest BCUT2D eigenvalue weighted by Crippen LogP contribution is -2.49. The Morgan fingerprint density at radius 3 is 2.21 bits per heavy atom. The molecule has 19 heavy (non-hydrogen) atoms. The SMILES string of the molecule is CCC(C)CN(CC)C(=O)C1(CN)CCCCCC1. The normalized spacial score (nSPS) is 20.6. The first-order valence-electron chi connectivity index (χ1n) is 8.09. The molecule has 0 aliphatic heterocycles. The van der Waals surface area contributed by atoms with Crippen molar-refractivity contribution < 1.29 is 4.79 Å². The van der Waals surface area contributed by atoms with Crippen molar-refractivity contribution in [3.63, 3.8) is 0 Å². The van der Waals surface area contributed by atoms with E-state index in [4.69, 9.17) is 5.73 Å². The molecular formula is C16H32N2O. The van der Waals surface area contributed by atoms with Gasteiger partial charge in [0, 0.05) is 19.6 Å². The first-order chi connectivity index (χ1) is 9.09. The monoisotopic (exact) mass is 268 g/mol. The Balaban J connectivity index is 2.79. The average Bonchev–Trinajstić information content (AvgIpc) is 2.70. The van der Waals surface area contributed by atoms with Gasteiger partial charge < -0.3 is 10.6 Å². The van der Waals surface area contributed by atoms with Gasteiger partial charge in [0.25, 0.3) is 0 Å². The fraction of sp³-hybridized carbons (Fsp3) is 0.938. The Kier molecular flexibility index (Phi) is 6.84. The van der Waals surface area contributed by atoms with Gasteiger partial charge in [-0.1, -0.05) is 46.0 Å². The molecule has 0 bridgehead atoms. The minimum atomic E-state index is -0.264. The molecule has 0 saturated heterocycles. The number of nitrogens with two attached hydrogens (primary N) is 1. The number of hydrogen-bond donors (Lipinski definition) is 1. The van der Waals surface area contributed by atoms with Crippen LogP contribution in [0.3, 0.4) is 0 Å². The van der Waals surface area contributed by atoms with Crippen molar-refractivity contribution in [1.82, 2.24) is 4.90 Å². The first kappa shape index (κ1) is 16.5. The van der Waals surface area contributed by atoms with Gasteiger partial charge >= 0.3 is 0 Å². The lowest BCUT2D eigenvalue weighted by atomic mass is 9.78. The van der Waals surface area contributed by atoms with Crippen molar-refractivity contribution in [3.8, 4) is 0 Å². The van der Waals surface area contributed by atoms with Crippen LogP contribution < -0.4 is 5.73 Å². The third-order valence-electron chi connectivity index (χ3n) is 4.80. The van der Waals surface area contributed by atoms with Crippen molar-refractivity contribution in [1.29, 1.82) is 0 Å². The molecule has 2 N–H and O–H groups in total. The molecule has 3 heteroatoms. The van der Waals surface area contributed by atoms with Crippen LogP contribution in [-0.2, 0) is 4.79 Å². The number of carbonyl (C=O) groups is 1. The maximum absolute atomic E-state index is 12.9. The summed E-state index contributed by atoms with van der Waals surface area (Å²) in [7, 11) is 0. The highest BCUT2D eigenvalue weighted by atomic mass is 16.2. The zero-order valence-corrected chi connectivity index (χ0v) is 13.1. The summed E-state index contributed by atoms with van der Waals surface area (Å²) in [6.45, 7) is 8.70. The van der Waals surface area contributed by atoms with Gasteiger partial charge in [-0.25, -0.2) is 0 Å². The number of nitrogens with zero attached hydrogens (tertiary/aromatic N) is 1. The van der Waals surface area contributed by atoms with E-state index in [9.17, 15) is 4.79 Å². The van der Waals surface area contributed by atoms with Gasteiger partial charge in [0.2, 0.25) is 5.91 Å². The third kappa shape index (κ3) is 4.20. The van der Waals surface area contributed by atoms with Gasteiger partial charge in [-0.3, -0.25) is 4.79 Å². The molecule has 1 aliphatic carbocycles. The molecule has 1 fully saturated rings. The standard InChI is InChI=1S/C16H32N2O/c1-4-14(3)12-18(5-2)15(19)16(13-17)10-8-6-7-9-11-16/h14H,4-13,17H2,1-3H3. The molecule has 1 atom stereocenters. The summed E-state index contributed by atoms with van der Waals surface area (Å²) in [5.41, 5.74) is 5.75. The van der Waals surface area contributed by atoms with E-state index >= 15 is 0 Å². The van der Waals surface area contributed by atoms with E-state index in [0.29, 0.717) is 18.4 Å². The van der Waals surface area contributed by atoms with Crippen LogP contribution in [0.1, 0.15) is 65.7 Å². The summed E-state index contributed by atoms with van der Waals surface area (Å²) >= 11 is 0. The summed E-state index contributed by atoms with van der Waals surface area (Å²) in [5, 5.41) is 0. The summed E-state index contributed by atoms with van der Waals surface area (Å²) in [6, 6.07) is 0. The fourth-order valence-corrected chi connectivity index (χ4v) is 3.11. The van der Waals surface area contributed by atoms with E-state index in [-0.39, 0.29) is 5.41 Å². The molecule has 1 aliphatic rings. The smallest absolute Gasteiger partial charge is 0.230 e. The van der Waals surface area contributed by atoms with Crippen LogP contribution in [-0.4, -0.2) is 30.4 Å². The Morgan fingerprint density at radius 1 is 1.21 bits per heavy atom. The van der Waals surface area contributed by atoms with Crippen LogP contribution in [0.4, 0.5) is 0 Å². The van der Waals surface area contributed by atoms with E-state index in [2.05, 4.69) is 20.8 Å². The van der Waals surface area contributed by atoms with E-state index in [1.54, 1.807) is 0 Å². The van der Waals surface area contributed by atoms with Crippen molar-refractivity contribution in [3.05, 3.63) is 0 Å². The number of carbonyl (C=O) groups excluding carboxylic acids is 1. The van der Waals surface area contributed by atoms with Crippen LogP contribution in [0.25, 0.3) is 0 Å². The summed E-state index contributed by atoms with van der Waals surface area (Å²) in [6.07, 6.45) is 7.92. The van der Waals surface area contributed by atoms with Crippen molar-refractivity contribution in [2.24, 2.45) is 17.1 Å². The van der Waals surface area contributed by atoms with Gasteiger partial charge in [0.1, 0.15) is 0 Å². The maximum Gasteiger partial charge on any atom is 0.230 e. The van der Waals surface area contributed by atoms with E-state index < -0.39 is 0 Å². The van der Waals surface area contributed by atoms with E-state index in [1.165, 1.54) is 12.8 Å². The Morgan fingerprint density at radius 2 is 1.79 bits per heavy atom. The van der Waals surface area contributed by atoms with E-state index in [1.807, 2.05) is 4.90 Å². The predicted molar refractivity (Wildman–Crippen MR) is 80.9 cm³/mol. The molecule has 112 valence electrons. The van der Waals surface area contributed by atoms with Crippen LogP contribution in [0.2, 0.25) is 0 Å². The summed E-state index contributed by atoms with van der Waals surface area (Å²) < 4.78 is 0. The van der Waals surface area contributed by atoms with Gasteiger partial charge in [-0.05, 0) is 25.7 Å². The minimum Gasteiger partial charge on any atom is -0.342 e. The average molecular weight is 268 g/mol. The van der Waals surface area contributed by atoms with Gasteiger partial charge in [-0.15, -0.1) is 0 Å². The third-order valence-corrected chi connectivity index (χ3v) is 4.80. The van der Waals surface area contributed by atoms with Crippen LogP contribution >= 0.6 is 0 Å². The second-order valence-electron chi connectivity index (χ2n) is 6.26. The largest absolute Gasteiger partial charge is 0.342 e. The molecule has 1 unspecified atom stereocenters. The molecule has 0 aromatic rings. The second kappa shape index (κ2) is 7.88. The summed E-state index contributed by atoms with van der Waals surface area (Å²) in [5.74, 6) is 0.893. The van der Waals surface area contributed by atoms with Gasteiger partial charge in [0.05, 0.1) is 5.41 Å². The van der Waals surface area contributed by atoms with Crippen molar-refractivity contribution in [2.75, 3.05) is 19.6 Å². The second-order valence-corrected chi connectivity index (χ2v) is 6.26. The first-order valence-corrected chi connectivity index (χ1v) is 8.09. The van der Waals surface area contributed by atoms with Crippen LogP contribution in [0.5, 0.6) is 0 Å². The Hall–Kier alpha value is -0.570. The number of hydrogen-bond acceptors (Lipinski definition) is 2. The molecule has 3 nitrogen and oxygen atoms in total. The van der Waals surface area contributed by atoms with Crippen molar-refractivity contribution in [2.45, 2.75) is 65.7 Å². The van der Waals surface area contributed by atoms with Crippen molar-refractivity contribution >= 4 is 5.91 Å². The van der Waals surface area contributed by atoms with Gasteiger partial charge in [-0.2, -0.15) is 0 Å². The minimum absolute atomic E-state index is 0.264. The summed E-state index contributed by atoms with van der Waals surface area (Å²) in [4.78, 5) is 15.0. The number of amides is 1. The lowest BCUT2D eigenvalue weighted by Gasteiger charge is -2.36. The van der Waals surface area contributed by atoms with Crippen LogP contribution in [0.15, 0.2) is 0 Å². The van der Waals surface area contributed by atoms with Crippen LogP contribution in [0, 0.1) is 11.3 Å². The molecular weight excluding hydrogens is 236 g/mol. The zero-order valence-electron chi connectivity index (χ0n) is 13.1. The highest BCUT2D eigenvalue weighted by Crippen LogP contribution is 2.36. The maximum atomic E-state index is 12.9. The molecule has 0 spiro atoms. The molecule has 1 saturated carbocycles. The van der Waals surface area contributed by atoms with E-state index in [0.717, 1.165) is 45.2 Å². The highest BCUT2D eigenvalue weighted by Gasteiger charge is 2.39. The molecule has 1 rings (SSSR count). The molecule has 1 amide bonds. The number of rotatable bonds is 6. The molecule has 0 radical (unpaired) electrons. The Bertz CT molecular complexity index is 270. The fourth-order valence-electron chi connectivity index (χ4n) is 3.11. The molecule has 0 aromatic carbocycles. The Labute approximate surface area is 118 Å². The quantitative estimate of drug-likeness (QED) is 0.752. The lowest BCUT2D eigenvalue weighted by molar-refractivity contribution is -0.143.